The van der Waals surface area contributed by atoms with Crippen molar-refractivity contribution in [2.24, 2.45) is 0 Å². The Kier molecular flexibility index (Phi) is 2.97. The lowest BCUT2D eigenvalue weighted by Gasteiger charge is -2.53. The quantitative estimate of drug-likeness (QED) is 0.635. The lowest BCUT2D eigenvalue weighted by atomic mass is 9.95. The van der Waals surface area contributed by atoms with Crippen LogP contribution in [0.25, 0.3) is 0 Å². The molecule has 0 aromatic rings. The highest BCUT2D eigenvalue weighted by atomic mass is 16.7. The first-order chi connectivity index (χ1) is 5.99. The molecule has 1 aliphatic rings. The second kappa shape index (κ2) is 3.53. The van der Waals surface area contributed by atoms with Gasteiger partial charge in [0.15, 0.2) is 5.79 Å². The third kappa shape index (κ3) is 1.86. The second-order valence-corrected chi connectivity index (χ2v) is 4.15. The molecule has 0 unspecified atom stereocenters. The van der Waals surface area contributed by atoms with Crippen LogP contribution in [-0.2, 0) is 9.47 Å². The molecule has 0 radical (unpaired) electrons. The fourth-order valence-electron chi connectivity index (χ4n) is 1.40. The molecule has 1 fully saturated rings. The summed E-state index contributed by atoms with van der Waals surface area (Å²) in [4.78, 5) is 2.14. The molecule has 78 valence electrons. The number of aliphatic hydroxyl groups is 1. The van der Waals surface area contributed by atoms with Gasteiger partial charge in [0.1, 0.15) is 0 Å². The zero-order valence-electron chi connectivity index (χ0n) is 8.83. The highest BCUT2D eigenvalue weighted by Crippen LogP contribution is 2.31. The van der Waals surface area contributed by atoms with Crippen LogP contribution in [0.1, 0.15) is 13.8 Å². The Bertz CT molecular complexity index is 170. The third-order valence-corrected chi connectivity index (χ3v) is 2.85. The molecule has 1 N–H and O–H groups in total. The number of likely N-dealkylation sites (tertiary alicyclic amines) is 1. The topological polar surface area (TPSA) is 41.9 Å². The zero-order chi connectivity index (χ0) is 10.1. The van der Waals surface area contributed by atoms with Crippen LogP contribution < -0.4 is 0 Å². The molecule has 0 saturated carbocycles. The summed E-state index contributed by atoms with van der Waals surface area (Å²) in [5.41, 5.74) is -0.180. The van der Waals surface area contributed by atoms with Crippen molar-refractivity contribution in [2.75, 3.05) is 33.9 Å². The molecule has 0 atom stereocenters. The highest BCUT2D eigenvalue weighted by Gasteiger charge is 2.48. The minimum absolute atomic E-state index is 0.149. The average molecular weight is 189 g/mol. The Hall–Kier alpha value is -0.160. The first kappa shape index (κ1) is 10.9. The van der Waals surface area contributed by atoms with E-state index in [1.165, 1.54) is 0 Å². The van der Waals surface area contributed by atoms with Crippen LogP contribution in [0.15, 0.2) is 0 Å². The second-order valence-electron chi connectivity index (χ2n) is 4.15. The summed E-state index contributed by atoms with van der Waals surface area (Å²) < 4.78 is 10.5. The fraction of sp³-hybridized carbons (Fsp3) is 1.00. The first-order valence-electron chi connectivity index (χ1n) is 4.46. The van der Waals surface area contributed by atoms with Gasteiger partial charge in [0, 0.05) is 19.8 Å². The molecule has 0 amide bonds. The Morgan fingerprint density at radius 2 is 1.77 bits per heavy atom. The van der Waals surface area contributed by atoms with Crippen LogP contribution in [-0.4, -0.2) is 55.2 Å². The van der Waals surface area contributed by atoms with Gasteiger partial charge >= 0.3 is 0 Å². The van der Waals surface area contributed by atoms with Crippen LogP contribution >= 0.6 is 0 Å². The van der Waals surface area contributed by atoms with Gasteiger partial charge in [0.25, 0.3) is 0 Å². The largest absolute Gasteiger partial charge is 0.394 e. The van der Waals surface area contributed by atoms with E-state index >= 15 is 0 Å². The molecule has 4 heteroatoms. The molecule has 0 bridgehead atoms. The van der Waals surface area contributed by atoms with Crippen LogP contribution in [0.2, 0.25) is 0 Å². The van der Waals surface area contributed by atoms with Crippen LogP contribution in [0.3, 0.4) is 0 Å². The Morgan fingerprint density at radius 3 is 2.08 bits per heavy atom. The van der Waals surface area contributed by atoms with E-state index in [4.69, 9.17) is 14.6 Å². The number of rotatable bonds is 4. The van der Waals surface area contributed by atoms with E-state index < -0.39 is 5.79 Å². The van der Waals surface area contributed by atoms with Gasteiger partial charge in [-0.25, -0.2) is 0 Å². The zero-order valence-corrected chi connectivity index (χ0v) is 8.83. The summed E-state index contributed by atoms with van der Waals surface area (Å²) in [6, 6.07) is 0. The van der Waals surface area contributed by atoms with E-state index in [2.05, 4.69) is 4.90 Å². The summed E-state index contributed by atoms with van der Waals surface area (Å²) in [6.45, 7) is 5.59. The number of aliphatic hydroxyl groups excluding tert-OH is 1. The monoisotopic (exact) mass is 189 g/mol. The van der Waals surface area contributed by atoms with Gasteiger partial charge in [-0.15, -0.1) is 0 Å². The average Bonchev–Trinajstić information content (AvgIpc) is 2.04. The van der Waals surface area contributed by atoms with Crippen molar-refractivity contribution >= 4 is 0 Å². The Balaban J connectivity index is 2.48. The van der Waals surface area contributed by atoms with Gasteiger partial charge in [0.2, 0.25) is 0 Å². The van der Waals surface area contributed by atoms with E-state index in [1.807, 2.05) is 13.8 Å². The molecule has 0 aliphatic carbocycles. The highest BCUT2D eigenvalue weighted by molar-refractivity contribution is 4.97. The van der Waals surface area contributed by atoms with Gasteiger partial charge in [0.05, 0.1) is 19.7 Å². The van der Waals surface area contributed by atoms with Crippen molar-refractivity contribution in [2.45, 2.75) is 25.2 Å². The summed E-state index contributed by atoms with van der Waals surface area (Å²) >= 11 is 0. The van der Waals surface area contributed by atoms with Crippen molar-refractivity contribution in [3.63, 3.8) is 0 Å². The van der Waals surface area contributed by atoms with Crippen LogP contribution in [0, 0.1) is 0 Å². The summed E-state index contributed by atoms with van der Waals surface area (Å²) in [6.07, 6.45) is 0. The Morgan fingerprint density at radius 1 is 1.31 bits per heavy atom. The van der Waals surface area contributed by atoms with Gasteiger partial charge < -0.3 is 14.6 Å². The van der Waals surface area contributed by atoms with E-state index in [-0.39, 0.29) is 12.1 Å². The Labute approximate surface area is 79.4 Å². The predicted molar refractivity (Wildman–Crippen MR) is 49.5 cm³/mol. The summed E-state index contributed by atoms with van der Waals surface area (Å²) in [7, 11) is 3.29. The number of hydrogen-bond acceptors (Lipinski definition) is 4. The first-order valence-corrected chi connectivity index (χ1v) is 4.46. The fourth-order valence-corrected chi connectivity index (χ4v) is 1.40. The molecule has 13 heavy (non-hydrogen) atoms. The maximum Gasteiger partial charge on any atom is 0.193 e. The minimum Gasteiger partial charge on any atom is -0.394 e. The molecule has 0 aromatic heterocycles. The van der Waals surface area contributed by atoms with E-state index in [0.717, 1.165) is 0 Å². The van der Waals surface area contributed by atoms with Gasteiger partial charge in [-0.05, 0) is 13.8 Å². The van der Waals surface area contributed by atoms with E-state index in [0.29, 0.717) is 13.1 Å². The summed E-state index contributed by atoms with van der Waals surface area (Å²) in [5, 5.41) is 9.12. The van der Waals surface area contributed by atoms with Crippen molar-refractivity contribution in [3.8, 4) is 0 Å². The molecular formula is C9H19NO3. The van der Waals surface area contributed by atoms with Gasteiger partial charge in [-0.3, -0.25) is 4.90 Å². The molecule has 0 aromatic carbocycles. The van der Waals surface area contributed by atoms with Crippen molar-refractivity contribution < 1.29 is 14.6 Å². The number of ether oxygens (including phenoxy) is 2. The van der Waals surface area contributed by atoms with Crippen LogP contribution in [0.4, 0.5) is 0 Å². The van der Waals surface area contributed by atoms with E-state index in [9.17, 15) is 0 Å². The maximum atomic E-state index is 9.12. The number of nitrogens with zero attached hydrogens (tertiary/aromatic N) is 1. The number of methoxy groups -OCH3 is 2. The molecule has 1 aliphatic heterocycles. The standard InChI is InChI=1S/C9H19NO3/c1-8(2,7-11)10-5-9(6-10,12-3)13-4/h11H,5-7H2,1-4H3. The molecule has 4 nitrogen and oxygen atoms in total. The summed E-state index contributed by atoms with van der Waals surface area (Å²) in [5.74, 6) is -0.452. The number of hydrogen-bond donors (Lipinski definition) is 1. The van der Waals surface area contributed by atoms with Crippen molar-refractivity contribution in [1.82, 2.24) is 4.90 Å². The van der Waals surface area contributed by atoms with Crippen molar-refractivity contribution in [3.05, 3.63) is 0 Å². The minimum atomic E-state index is -0.452. The normalized spacial score (nSPS) is 22.8. The molecule has 0 spiro atoms. The van der Waals surface area contributed by atoms with Crippen molar-refractivity contribution in [1.29, 1.82) is 0 Å². The molecule has 1 heterocycles. The van der Waals surface area contributed by atoms with Gasteiger partial charge in [-0.1, -0.05) is 0 Å². The lowest BCUT2D eigenvalue weighted by molar-refractivity contribution is -0.292. The molecule has 1 rings (SSSR count). The molecule has 1 saturated heterocycles. The third-order valence-electron chi connectivity index (χ3n) is 2.85. The van der Waals surface area contributed by atoms with Gasteiger partial charge in [-0.2, -0.15) is 0 Å². The van der Waals surface area contributed by atoms with E-state index in [1.54, 1.807) is 14.2 Å². The van der Waals surface area contributed by atoms with Crippen LogP contribution in [0.5, 0.6) is 0 Å². The lowest BCUT2D eigenvalue weighted by Crippen LogP contribution is -2.70. The predicted octanol–water partition coefficient (Wildman–Crippen LogP) is 0.0620. The maximum absolute atomic E-state index is 9.12. The SMILES string of the molecule is COC1(OC)CN(C(C)(C)CO)C1. The molecular weight excluding hydrogens is 170 g/mol. The smallest absolute Gasteiger partial charge is 0.193 e.